The molecule has 1 aliphatic carbocycles. The molecule has 2 rings (SSSR count). The van der Waals surface area contributed by atoms with E-state index in [1.807, 2.05) is 0 Å². The van der Waals surface area contributed by atoms with Gasteiger partial charge in [0.15, 0.2) is 0 Å². The van der Waals surface area contributed by atoms with Crippen LogP contribution in [0.25, 0.3) is 0 Å². The van der Waals surface area contributed by atoms with Crippen LogP contribution >= 0.6 is 0 Å². The molecule has 0 amide bonds. The minimum absolute atomic E-state index is 0.759. The molecule has 2 heteroatoms. The van der Waals surface area contributed by atoms with Gasteiger partial charge in [-0.3, -0.25) is 0 Å². The van der Waals surface area contributed by atoms with Crippen LogP contribution in [0.15, 0.2) is 0 Å². The molecule has 0 bridgehead atoms. The second-order valence-corrected chi connectivity index (χ2v) is 5.45. The molecule has 0 aromatic rings. The number of piperidine rings is 1. The fourth-order valence-electron chi connectivity index (χ4n) is 3.22. The molecule has 1 saturated carbocycles. The van der Waals surface area contributed by atoms with Crippen molar-refractivity contribution in [2.45, 2.75) is 57.5 Å². The number of hydrogen-bond acceptors (Lipinski definition) is 2. The first kappa shape index (κ1) is 11.4. The van der Waals surface area contributed by atoms with Crippen LogP contribution in [0.2, 0.25) is 0 Å². The van der Waals surface area contributed by atoms with Gasteiger partial charge in [-0.1, -0.05) is 19.8 Å². The Bertz CT molecular complexity index is 193. The molecular formula is C13H26N2. The van der Waals surface area contributed by atoms with Crippen LogP contribution in [0.5, 0.6) is 0 Å². The second kappa shape index (κ2) is 5.31. The lowest BCUT2D eigenvalue weighted by atomic mass is 9.78. The van der Waals surface area contributed by atoms with E-state index in [2.05, 4.69) is 24.2 Å². The minimum atomic E-state index is 0.759. The van der Waals surface area contributed by atoms with E-state index in [9.17, 15) is 0 Å². The maximum absolute atomic E-state index is 3.88. The third-order valence-electron chi connectivity index (χ3n) is 4.32. The Morgan fingerprint density at radius 1 is 1.13 bits per heavy atom. The van der Waals surface area contributed by atoms with E-state index < -0.39 is 0 Å². The molecule has 1 heterocycles. The van der Waals surface area contributed by atoms with Crippen LogP contribution in [0.4, 0.5) is 0 Å². The Morgan fingerprint density at radius 2 is 1.93 bits per heavy atom. The van der Waals surface area contributed by atoms with E-state index in [1.165, 1.54) is 51.6 Å². The molecule has 2 fully saturated rings. The maximum Gasteiger partial charge on any atom is 0.0197 e. The molecule has 3 unspecified atom stereocenters. The van der Waals surface area contributed by atoms with Crippen molar-refractivity contribution in [2.75, 3.05) is 20.1 Å². The summed E-state index contributed by atoms with van der Waals surface area (Å²) in [7, 11) is 2.23. The largest absolute Gasteiger partial charge is 0.310 e. The van der Waals surface area contributed by atoms with Gasteiger partial charge in [0.05, 0.1) is 0 Å². The van der Waals surface area contributed by atoms with Crippen LogP contribution < -0.4 is 5.32 Å². The molecule has 15 heavy (non-hydrogen) atoms. The van der Waals surface area contributed by atoms with E-state index in [1.54, 1.807) is 0 Å². The first-order valence-electron chi connectivity index (χ1n) is 6.74. The van der Waals surface area contributed by atoms with Gasteiger partial charge in [0.1, 0.15) is 0 Å². The Balaban J connectivity index is 1.80. The van der Waals surface area contributed by atoms with Crippen LogP contribution in [0.1, 0.15) is 45.4 Å². The molecule has 0 aromatic heterocycles. The van der Waals surface area contributed by atoms with Gasteiger partial charge in [0.2, 0.25) is 0 Å². The maximum atomic E-state index is 3.88. The molecule has 1 N–H and O–H groups in total. The lowest BCUT2D eigenvalue weighted by Gasteiger charge is -2.41. The summed E-state index contributed by atoms with van der Waals surface area (Å²) < 4.78 is 0. The normalized spacial score (nSPS) is 36.6. The summed E-state index contributed by atoms with van der Waals surface area (Å²) in [5.41, 5.74) is 0. The highest BCUT2D eigenvalue weighted by Gasteiger charge is 2.31. The zero-order valence-corrected chi connectivity index (χ0v) is 10.3. The van der Waals surface area contributed by atoms with Gasteiger partial charge in [0, 0.05) is 18.6 Å². The lowest BCUT2D eigenvalue weighted by molar-refractivity contribution is 0.154. The summed E-state index contributed by atoms with van der Waals surface area (Å²) >= 11 is 0. The van der Waals surface area contributed by atoms with Gasteiger partial charge >= 0.3 is 0 Å². The van der Waals surface area contributed by atoms with E-state index >= 15 is 0 Å². The summed E-state index contributed by atoms with van der Waals surface area (Å²) in [5.74, 6) is 1.00. The zero-order chi connectivity index (χ0) is 10.7. The Morgan fingerprint density at radius 3 is 2.73 bits per heavy atom. The van der Waals surface area contributed by atoms with Gasteiger partial charge in [-0.15, -0.1) is 0 Å². The van der Waals surface area contributed by atoms with Crippen molar-refractivity contribution in [1.82, 2.24) is 10.2 Å². The molecule has 1 aliphatic heterocycles. The van der Waals surface area contributed by atoms with E-state index in [-0.39, 0.29) is 0 Å². The van der Waals surface area contributed by atoms with Crippen molar-refractivity contribution in [3.8, 4) is 0 Å². The fraction of sp³-hybridized carbons (Fsp3) is 1.00. The molecular weight excluding hydrogens is 184 g/mol. The van der Waals surface area contributed by atoms with Gasteiger partial charge in [-0.2, -0.15) is 0 Å². The molecule has 0 spiro atoms. The molecule has 0 aromatic carbocycles. The number of fused-ring (bicyclic) bond motifs is 1. The molecule has 0 radical (unpaired) electrons. The highest BCUT2D eigenvalue weighted by molar-refractivity contribution is 4.90. The van der Waals surface area contributed by atoms with Crippen LogP contribution in [0.3, 0.4) is 0 Å². The Hall–Kier alpha value is -0.0800. The average Bonchev–Trinajstić information content (AvgIpc) is 2.29. The van der Waals surface area contributed by atoms with E-state index in [0.717, 1.165) is 18.0 Å². The smallest absolute Gasteiger partial charge is 0.0197 e. The highest BCUT2D eigenvalue weighted by atomic mass is 15.1. The third kappa shape index (κ3) is 2.94. The number of nitrogens with zero attached hydrogens (tertiary/aromatic N) is 1. The fourth-order valence-corrected chi connectivity index (χ4v) is 3.22. The summed E-state index contributed by atoms with van der Waals surface area (Å²) in [4.78, 5) is 2.43. The van der Waals surface area contributed by atoms with Crippen molar-refractivity contribution in [3.63, 3.8) is 0 Å². The topological polar surface area (TPSA) is 15.3 Å². The standard InChI is InChI=1S/C13H26N2/c1-3-15(2)10-12-9-8-11-6-4-5-7-13(11)14-12/h11-14H,3-10H2,1-2H3. The van der Waals surface area contributed by atoms with Crippen molar-refractivity contribution in [2.24, 2.45) is 5.92 Å². The van der Waals surface area contributed by atoms with Gasteiger partial charge < -0.3 is 10.2 Å². The molecule has 3 atom stereocenters. The number of likely N-dealkylation sites (N-methyl/N-ethyl adjacent to an activating group) is 1. The van der Waals surface area contributed by atoms with Crippen LogP contribution in [-0.2, 0) is 0 Å². The SMILES string of the molecule is CCN(C)CC1CCC2CCCCC2N1. The van der Waals surface area contributed by atoms with Crippen molar-refractivity contribution in [3.05, 3.63) is 0 Å². The van der Waals surface area contributed by atoms with Gasteiger partial charge in [-0.25, -0.2) is 0 Å². The first-order chi connectivity index (χ1) is 7.29. The number of hydrogen-bond donors (Lipinski definition) is 1. The molecule has 2 aliphatic rings. The van der Waals surface area contributed by atoms with Crippen molar-refractivity contribution >= 4 is 0 Å². The summed E-state index contributed by atoms with van der Waals surface area (Å²) in [6.45, 7) is 4.65. The monoisotopic (exact) mass is 210 g/mol. The van der Waals surface area contributed by atoms with Crippen molar-refractivity contribution in [1.29, 1.82) is 0 Å². The van der Waals surface area contributed by atoms with Crippen molar-refractivity contribution < 1.29 is 0 Å². The molecule has 2 nitrogen and oxygen atoms in total. The first-order valence-corrected chi connectivity index (χ1v) is 6.74. The number of rotatable bonds is 3. The van der Waals surface area contributed by atoms with Gasteiger partial charge in [-0.05, 0) is 45.2 Å². The predicted octanol–water partition coefficient (Wildman–Crippen LogP) is 2.25. The summed E-state index contributed by atoms with van der Waals surface area (Å²) in [5, 5.41) is 3.88. The predicted molar refractivity (Wildman–Crippen MR) is 65.1 cm³/mol. The highest BCUT2D eigenvalue weighted by Crippen LogP contribution is 2.32. The van der Waals surface area contributed by atoms with E-state index in [0.29, 0.717) is 0 Å². The lowest BCUT2D eigenvalue weighted by Crippen LogP contribution is -2.52. The van der Waals surface area contributed by atoms with E-state index in [4.69, 9.17) is 0 Å². The Labute approximate surface area is 94.4 Å². The van der Waals surface area contributed by atoms with Crippen LogP contribution in [-0.4, -0.2) is 37.1 Å². The quantitative estimate of drug-likeness (QED) is 0.768. The second-order valence-electron chi connectivity index (χ2n) is 5.45. The summed E-state index contributed by atoms with van der Waals surface area (Å²) in [6, 6.07) is 1.61. The van der Waals surface area contributed by atoms with Crippen LogP contribution in [0, 0.1) is 5.92 Å². The minimum Gasteiger partial charge on any atom is -0.310 e. The average molecular weight is 210 g/mol. The molecule has 88 valence electrons. The number of nitrogens with one attached hydrogen (secondary N) is 1. The summed E-state index contributed by atoms with van der Waals surface area (Å²) in [6.07, 6.45) is 8.70. The Kier molecular flexibility index (Phi) is 4.04. The molecule has 1 saturated heterocycles. The zero-order valence-electron chi connectivity index (χ0n) is 10.3. The third-order valence-corrected chi connectivity index (χ3v) is 4.32. The van der Waals surface area contributed by atoms with Gasteiger partial charge in [0.25, 0.3) is 0 Å².